The average Bonchev–Trinajstić information content (AvgIpc) is 2.85. The predicted molar refractivity (Wildman–Crippen MR) is 81.5 cm³/mol. The van der Waals surface area contributed by atoms with Crippen LogP contribution in [-0.4, -0.2) is 42.1 Å². The highest BCUT2D eigenvalue weighted by Gasteiger charge is 2.16. The van der Waals surface area contributed by atoms with Crippen molar-refractivity contribution in [3.63, 3.8) is 0 Å². The van der Waals surface area contributed by atoms with Gasteiger partial charge >= 0.3 is 0 Å². The fourth-order valence-corrected chi connectivity index (χ4v) is 2.52. The van der Waals surface area contributed by atoms with Crippen LogP contribution in [0.1, 0.15) is 15.4 Å². The topological polar surface area (TPSA) is 49.3 Å². The van der Waals surface area contributed by atoms with Gasteiger partial charge in [0.25, 0.3) is 5.91 Å². The monoisotopic (exact) mass is 310 g/mol. The van der Waals surface area contributed by atoms with Gasteiger partial charge in [0.1, 0.15) is 0 Å². The lowest BCUT2D eigenvalue weighted by atomic mass is 10.2. The molecule has 1 aromatic heterocycles. The molecule has 2 aromatic rings. The normalized spacial score (nSPS) is 10.4. The molecule has 0 saturated heterocycles. The second-order valence-corrected chi connectivity index (χ2v) is 6.14. The summed E-state index contributed by atoms with van der Waals surface area (Å²) in [5, 5.41) is 7.70. The Balaban J connectivity index is 2.03. The second kappa shape index (κ2) is 6.19. The molecule has 7 heteroatoms. The van der Waals surface area contributed by atoms with Crippen molar-refractivity contribution in [3.05, 3.63) is 39.3 Å². The molecule has 1 amide bonds. The van der Waals surface area contributed by atoms with E-state index in [0.717, 1.165) is 22.6 Å². The Hall–Kier alpha value is -1.66. The zero-order chi connectivity index (χ0) is 14.7. The highest BCUT2D eigenvalue weighted by Crippen LogP contribution is 2.18. The van der Waals surface area contributed by atoms with Crippen molar-refractivity contribution in [2.24, 2.45) is 0 Å². The van der Waals surface area contributed by atoms with Gasteiger partial charge in [-0.25, -0.2) is 0 Å². The molecule has 1 aromatic carbocycles. The molecule has 1 heterocycles. The van der Waals surface area contributed by atoms with Gasteiger partial charge in [-0.05, 0) is 29.3 Å². The minimum Gasteiger partial charge on any atom is -0.378 e. The number of aromatic nitrogens is 2. The standard InChI is InChI=1S/C13H15ClN4OS/c1-17(2)10-6-4-9(5-7-10)8-18(3)12(19)11-15-16-13(14)20-11/h4-7H,8H2,1-3H3. The van der Waals surface area contributed by atoms with Crippen molar-refractivity contribution >= 4 is 34.5 Å². The fraction of sp³-hybridized carbons (Fsp3) is 0.308. The van der Waals surface area contributed by atoms with E-state index in [0.29, 0.717) is 11.6 Å². The first-order valence-electron chi connectivity index (χ1n) is 5.98. The summed E-state index contributed by atoms with van der Waals surface area (Å²) in [6, 6.07) is 8.06. The van der Waals surface area contributed by atoms with Crippen molar-refractivity contribution in [1.82, 2.24) is 15.1 Å². The summed E-state index contributed by atoms with van der Waals surface area (Å²) >= 11 is 6.77. The van der Waals surface area contributed by atoms with Crippen LogP contribution in [0, 0.1) is 0 Å². The van der Waals surface area contributed by atoms with Gasteiger partial charge in [-0.15, -0.1) is 10.2 Å². The van der Waals surface area contributed by atoms with Crippen LogP contribution < -0.4 is 4.90 Å². The minimum atomic E-state index is -0.175. The second-order valence-electron chi connectivity index (χ2n) is 4.58. The van der Waals surface area contributed by atoms with Crippen LogP contribution in [0.2, 0.25) is 4.47 Å². The maximum atomic E-state index is 12.1. The quantitative estimate of drug-likeness (QED) is 0.871. The summed E-state index contributed by atoms with van der Waals surface area (Å²) in [5.74, 6) is -0.175. The molecule has 0 radical (unpaired) electrons. The molecular weight excluding hydrogens is 296 g/mol. The molecule has 0 aliphatic rings. The van der Waals surface area contributed by atoms with Gasteiger partial charge in [-0.1, -0.05) is 23.5 Å². The van der Waals surface area contributed by atoms with Crippen molar-refractivity contribution in [2.45, 2.75) is 6.54 Å². The maximum Gasteiger partial charge on any atom is 0.284 e. The molecule has 0 unspecified atom stereocenters. The number of carbonyl (C=O) groups excluding carboxylic acids is 1. The van der Waals surface area contributed by atoms with Gasteiger partial charge < -0.3 is 9.80 Å². The van der Waals surface area contributed by atoms with Crippen molar-refractivity contribution in [1.29, 1.82) is 0 Å². The molecule has 106 valence electrons. The van der Waals surface area contributed by atoms with Crippen LogP contribution in [0.5, 0.6) is 0 Å². The molecule has 0 fully saturated rings. The molecule has 0 saturated carbocycles. The molecule has 0 aliphatic carbocycles. The largest absolute Gasteiger partial charge is 0.378 e. The molecule has 5 nitrogen and oxygen atoms in total. The third-order valence-corrected chi connectivity index (χ3v) is 3.81. The van der Waals surface area contributed by atoms with E-state index in [4.69, 9.17) is 11.6 Å². The van der Waals surface area contributed by atoms with Gasteiger partial charge in [-0.2, -0.15) is 0 Å². The van der Waals surface area contributed by atoms with Crippen LogP contribution in [-0.2, 0) is 6.54 Å². The fourth-order valence-electron chi connectivity index (χ4n) is 1.70. The summed E-state index contributed by atoms with van der Waals surface area (Å²) in [7, 11) is 5.71. The van der Waals surface area contributed by atoms with E-state index in [-0.39, 0.29) is 10.4 Å². The number of halogens is 1. The number of nitrogens with zero attached hydrogens (tertiary/aromatic N) is 4. The molecular formula is C13H15ClN4OS. The van der Waals surface area contributed by atoms with E-state index >= 15 is 0 Å². The van der Waals surface area contributed by atoms with Crippen LogP contribution in [0.4, 0.5) is 5.69 Å². The Morgan fingerprint density at radius 2 is 1.85 bits per heavy atom. The van der Waals surface area contributed by atoms with E-state index < -0.39 is 0 Å². The summed E-state index contributed by atoms with van der Waals surface area (Å²) < 4.78 is 0.275. The summed E-state index contributed by atoms with van der Waals surface area (Å²) in [5.41, 5.74) is 2.18. The van der Waals surface area contributed by atoms with Gasteiger partial charge in [0.05, 0.1) is 0 Å². The number of hydrogen-bond donors (Lipinski definition) is 0. The van der Waals surface area contributed by atoms with Crippen LogP contribution in [0.25, 0.3) is 0 Å². The molecule has 0 bridgehead atoms. The number of carbonyl (C=O) groups is 1. The number of hydrogen-bond acceptors (Lipinski definition) is 5. The van der Waals surface area contributed by atoms with Crippen molar-refractivity contribution in [2.75, 3.05) is 26.0 Å². The summed E-state index contributed by atoms with van der Waals surface area (Å²) in [4.78, 5) is 15.7. The lowest BCUT2D eigenvalue weighted by molar-refractivity contribution is 0.0784. The van der Waals surface area contributed by atoms with E-state index in [1.54, 1.807) is 11.9 Å². The predicted octanol–water partition coefficient (Wildman–Crippen LogP) is 2.53. The molecule has 0 atom stereocenters. The smallest absolute Gasteiger partial charge is 0.284 e. The van der Waals surface area contributed by atoms with E-state index in [2.05, 4.69) is 10.2 Å². The molecule has 2 rings (SSSR count). The van der Waals surface area contributed by atoms with E-state index in [9.17, 15) is 4.79 Å². The average molecular weight is 311 g/mol. The lowest BCUT2D eigenvalue weighted by Gasteiger charge is -2.17. The number of rotatable bonds is 4. The molecule has 0 spiro atoms. The van der Waals surface area contributed by atoms with Gasteiger partial charge in [-0.3, -0.25) is 4.79 Å². The van der Waals surface area contributed by atoms with Crippen molar-refractivity contribution in [3.8, 4) is 0 Å². The number of benzene rings is 1. The Morgan fingerprint density at radius 1 is 1.20 bits per heavy atom. The Labute approximate surface area is 126 Å². The summed E-state index contributed by atoms with van der Waals surface area (Å²) in [6.45, 7) is 0.518. The van der Waals surface area contributed by atoms with Crippen molar-refractivity contribution < 1.29 is 4.79 Å². The number of anilines is 1. The highest BCUT2D eigenvalue weighted by molar-refractivity contribution is 7.17. The van der Waals surface area contributed by atoms with E-state index in [1.165, 1.54) is 0 Å². The highest BCUT2D eigenvalue weighted by atomic mass is 35.5. The molecule has 20 heavy (non-hydrogen) atoms. The van der Waals surface area contributed by atoms with Crippen LogP contribution in [0.3, 0.4) is 0 Å². The van der Waals surface area contributed by atoms with E-state index in [1.807, 2.05) is 43.3 Å². The van der Waals surface area contributed by atoms with Gasteiger partial charge in [0.15, 0.2) is 0 Å². The Morgan fingerprint density at radius 3 is 2.35 bits per heavy atom. The first-order valence-corrected chi connectivity index (χ1v) is 7.17. The summed E-state index contributed by atoms with van der Waals surface area (Å²) in [6.07, 6.45) is 0. The molecule has 0 N–H and O–H groups in total. The third-order valence-electron chi connectivity index (χ3n) is 2.80. The maximum absolute atomic E-state index is 12.1. The first-order chi connectivity index (χ1) is 9.47. The van der Waals surface area contributed by atoms with Gasteiger partial charge in [0.2, 0.25) is 9.47 Å². The van der Waals surface area contributed by atoms with Gasteiger partial charge in [0, 0.05) is 33.4 Å². The Bertz CT molecular complexity index is 597. The lowest BCUT2D eigenvalue weighted by Crippen LogP contribution is -2.26. The van der Waals surface area contributed by atoms with Crippen LogP contribution >= 0.6 is 22.9 Å². The minimum absolute atomic E-state index is 0.175. The first kappa shape index (κ1) is 14.7. The SMILES string of the molecule is CN(Cc1ccc(N(C)C)cc1)C(=O)c1nnc(Cl)s1. The zero-order valence-corrected chi connectivity index (χ0v) is 13.1. The third kappa shape index (κ3) is 3.46. The zero-order valence-electron chi connectivity index (χ0n) is 11.5. The van der Waals surface area contributed by atoms with Crippen LogP contribution in [0.15, 0.2) is 24.3 Å². The molecule has 0 aliphatic heterocycles. The Kier molecular flexibility index (Phi) is 4.57. The number of amides is 1.